The average Bonchev–Trinajstić information content (AvgIpc) is 2.58. The van der Waals surface area contributed by atoms with Crippen molar-refractivity contribution in [2.75, 3.05) is 5.32 Å². The molecular formula is C18H19ClN2O2. The largest absolute Gasteiger partial charge is 0.474 e. The summed E-state index contributed by atoms with van der Waals surface area (Å²) in [6.07, 6.45) is 7.78. The van der Waals surface area contributed by atoms with Gasteiger partial charge < -0.3 is 10.1 Å². The van der Waals surface area contributed by atoms with Crippen LogP contribution >= 0.6 is 11.6 Å². The van der Waals surface area contributed by atoms with Gasteiger partial charge in [-0.15, -0.1) is 0 Å². The van der Waals surface area contributed by atoms with Crippen LogP contribution in [0.3, 0.4) is 0 Å². The number of anilines is 1. The third-order valence-electron chi connectivity index (χ3n) is 3.95. The first-order chi connectivity index (χ1) is 11.2. The summed E-state index contributed by atoms with van der Waals surface area (Å²) in [6, 6.07) is 10.5. The fraction of sp³-hybridized carbons (Fsp3) is 0.333. The normalized spacial score (nSPS) is 15.2. The van der Waals surface area contributed by atoms with Crippen LogP contribution in [0.4, 0.5) is 5.69 Å². The van der Waals surface area contributed by atoms with E-state index in [0.717, 1.165) is 12.8 Å². The molecular weight excluding hydrogens is 312 g/mol. The molecule has 2 aromatic rings. The second-order valence-corrected chi connectivity index (χ2v) is 6.10. The first-order valence-corrected chi connectivity index (χ1v) is 8.29. The van der Waals surface area contributed by atoms with Gasteiger partial charge in [-0.05, 0) is 43.9 Å². The van der Waals surface area contributed by atoms with Crippen LogP contribution in [0.25, 0.3) is 0 Å². The summed E-state index contributed by atoms with van der Waals surface area (Å²) >= 11 is 6.02. The number of nitrogens with zero attached hydrogens (tertiary/aromatic N) is 1. The van der Waals surface area contributed by atoms with Gasteiger partial charge in [-0.2, -0.15) is 0 Å². The number of rotatable bonds is 4. The summed E-state index contributed by atoms with van der Waals surface area (Å²) in [6.45, 7) is 0. The second-order valence-electron chi connectivity index (χ2n) is 5.70. The fourth-order valence-electron chi connectivity index (χ4n) is 2.72. The maximum absolute atomic E-state index is 12.2. The van der Waals surface area contributed by atoms with Gasteiger partial charge in [0.1, 0.15) is 6.10 Å². The molecule has 0 unspecified atom stereocenters. The van der Waals surface area contributed by atoms with E-state index < -0.39 is 0 Å². The topological polar surface area (TPSA) is 51.2 Å². The Labute approximate surface area is 140 Å². The number of hydrogen-bond acceptors (Lipinski definition) is 3. The number of halogens is 1. The minimum atomic E-state index is -0.252. The van der Waals surface area contributed by atoms with Gasteiger partial charge in [-0.3, -0.25) is 4.79 Å². The molecule has 23 heavy (non-hydrogen) atoms. The molecule has 0 aliphatic heterocycles. The van der Waals surface area contributed by atoms with Crippen LogP contribution in [0.5, 0.6) is 5.88 Å². The zero-order valence-electron chi connectivity index (χ0n) is 12.8. The van der Waals surface area contributed by atoms with Crippen molar-refractivity contribution in [3.8, 4) is 5.88 Å². The van der Waals surface area contributed by atoms with Gasteiger partial charge in [0, 0.05) is 6.07 Å². The Morgan fingerprint density at radius 3 is 2.61 bits per heavy atom. The molecule has 1 N–H and O–H groups in total. The van der Waals surface area contributed by atoms with E-state index in [1.165, 1.54) is 19.3 Å². The van der Waals surface area contributed by atoms with Crippen molar-refractivity contribution in [2.45, 2.75) is 38.2 Å². The van der Waals surface area contributed by atoms with Gasteiger partial charge in [0.05, 0.1) is 22.5 Å². The predicted molar refractivity (Wildman–Crippen MR) is 91.1 cm³/mol. The van der Waals surface area contributed by atoms with Crippen LogP contribution in [0.2, 0.25) is 5.02 Å². The Hall–Kier alpha value is -2.07. The van der Waals surface area contributed by atoms with Crippen molar-refractivity contribution in [1.29, 1.82) is 0 Å². The van der Waals surface area contributed by atoms with Crippen LogP contribution in [-0.2, 0) is 0 Å². The molecule has 0 saturated heterocycles. The molecule has 1 aliphatic rings. The van der Waals surface area contributed by atoms with E-state index in [4.69, 9.17) is 16.3 Å². The number of hydrogen-bond donors (Lipinski definition) is 1. The van der Waals surface area contributed by atoms with E-state index >= 15 is 0 Å². The number of benzene rings is 1. The molecule has 1 saturated carbocycles. The molecule has 1 aromatic heterocycles. The lowest BCUT2D eigenvalue weighted by Crippen LogP contribution is -2.20. The Kier molecular flexibility index (Phi) is 5.13. The van der Waals surface area contributed by atoms with E-state index in [1.807, 2.05) is 0 Å². The first-order valence-electron chi connectivity index (χ1n) is 7.91. The minimum Gasteiger partial charge on any atom is -0.474 e. The maximum atomic E-state index is 12.2. The number of nitrogens with one attached hydrogen (secondary N) is 1. The Bertz CT molecular complexity index is 667. The SMILES string of the molecule is O=C(Nc1ccc(OC2CCCCC2)nc1)c1ccccc1Cl. The molecule has 3 rings (SSSR count). The molecule has 1 heterocycles. The van der Waals surface area contributed by atoms with Crippen molar-refractivity contribution in [2.24, 2.45) is 0 Å². The zero-order chi connectivity index (χ0) is 16.1. The summed E-state index contributed by atoms with van der Waals surface area (Å²) in [4.78, 5) is 16.5. The highest BCUT2D eigenvalue weighted by atomic mass is 35.5. The smallest absolute Gasteiger partial charge is 0.257 e. The maximum Gasteiger partial charge on any atom is 0.257 e. The standard InChI is InChI=1S/C18H19ClN2O2/c19-16-9-5-4-8-15(16)18(22)21-13-10-11-17(20-12-13)23-14-6-2-1-3-7-14/h4-5,8-12,14H,1-3,6-7H2,(H,21,22). The Balaban J connectivity index is 1.61. The number of pyridine rings is 1. The molecule has 5 heteroatoms. The highest BCUT2D eigenvalue weighted by Gasteiger charge is 2.15. The molecule has 0 spiro atoms. The van der Waals surface area contributed by atoms with Crippen LogP contribution in [0, 0.1) is 0 Å². The van der Waals surface area contributed by atoms with Crippen molar-refractivity contribution in [3.05, 3.63) is 53.2 Å². The zero-order valence-corrected chi connectivity index (χ0v) is 13.6. The second kappa shape index (κ2) is 7.47. The van der Waals surface area contributed by atoms with Crippen molar-refractivity contribution >= 4 is 23.2 Å². The molecule has 1 fully saturated rings. The van der Waals surface area contributed by atoms with E-state index in [1.54, 1.807) is 42.6 Å². The van der Waals surface area contributed by atoms with E-state index in [9.17, 15) is 4.79 Å². The fourth-order valence-corrected chi connectivity index (χ4v) is 2.94. The highest BCUT2D eigenvalue weighted by Crippen LogP contribution is 2.23. The highest BCUT2D eigenvalue weighted by molar-refractivity contribution is 6.34. The number of carbonyl (C=O) groups is 1. The van der Waals surface area contributed by atoms with Gasteiger partial charge in [0.15, 0.2) is 0 Å². The number of ether oxygens (including phenoxy) is 1. The summed E-state index contributed by atoms with van der Waals surface area (Å²) in [5, 5.41) is 3.21. The Morgan fingerprint density at radius 1 is 1.13 bits per heavy atom. The minimum absolute atomic E-state index is 0.252. The summed E-state index contributed by atoms with van der Waals surface area (Å²) in [5.74, 6) is 0.353. The number of amides is 1. The van der Waals surface area contributed by atoms with E-state index in [2.05, 4.69) is 10.3 Å². The molecule has 1 aliphatic carbocycles. The lowest BCUT2D eigenvalue weighted by Gasteiger charge is -2.22. The number of aromatic nitrogens is 1. The van der Waals surface area contributed by atoms with Crippen LogP contribution < -0.4 is 10.1 Å². The van der Waals surface area contributed by atoms with Crippen molar-refractivity contribution in [3.63, 3.8) is 0 Å². The van der Waals surface area contributed by atoms with Gasteiger partial charge in [0.2, 0.25) is 5.88 Å². The quantitative estimate of drug-likeness (QED) is 0.884. The van der Waals surface area contributed by atoms with E-state index in [-0.39, 0.29) is 12.0 Å². The summed E-state index contributed by atoms with van der Waals surface area (Å²) < 4.78 is 5.87. The van der Waals surface area contributed by atoms with Gasteiger partial charge >= 0.3 is 0 Å². The van der Waals surface area contributed by atoms with Gasteiger partial charge in [0.25, 0.3) is 5.91 Å². The van der Waals surface area contributed by atoms with Crippen molar-refractivity contribution in [1.82, 2.24) is 4.98 Å². The monoisotopic (exact) mass is 330 g/mol. The van der Waals surface area contributed by atoms with Crippen LogP contribution in [-0.4, -0.2) is 17.0 Å². The molecule has 1 aromatic carbocycles. The molecule has 0 bridgehead atoms. The predicted octanol–water partition coefficient (Wildman–Crippen LogP) is 4.70. The molecule has 0 atom stereocenters. The van der Waals surface area contributed by atoms with E-state index in [0.29, 0.717) is 22.2 Å². The summed E-state index contributed by atoms with van der Waals surface area (Å²) in [7, 11) is 0. The molecule has 1 amide bonds. The lowest BCUT2D eigenvalue weighted by molar-refractivity contribution is 0.102. The third-order valence-corrected chi connectivity index (χ3v) is 4.28. The van der Waals surface area contributed by atoms with Crippen LogP contribution in [0.1, 0.15) is 42.5 Å². The first kappa shape index (κ1) is 15.8. The lowest BCUT2D eigenvalue weighted by atomic mass is 9.98. The summed E-state index contributed by atoms with van der Waals surface area (Å²) in [5.41, 5.74) is 1.06. The average molecular weight is 331 g/mol. The van der Waals surface area contributed by atoms with Gasteiger partial charge in [-0.1, -0.05) is 30.2 Å². The van der Waals surface area contributed by atoms with Gasteiger partial charge in [-0.25, -0.2) is 4.98 Å². The third kappa shape index (κ3) is 4.23. The Morgan fingerprint density at radius 2 is 1.91 bits per heavy atom. The molecule has 0 radical (unpaired) electrons. The number of carbonyl (C=O) groups excluding carboxylic acids is 1. The van der Waals surface area contributed by atoms with Crippen molar-refractivity contribution < 1.29 is 9.53 Å². The molecule has 4 nitrogen and oxygen atoms in total. The van der Waals surface area contributed by atoms with Crippen LogP contribution in [0.15, 0.2) is 42.6 Å². The molecule has 120 valence electrons.